The molecule has 3 aromatic heterocycles. The van der Waals surface area contributed by atoms with Crippen molar-refractivity contribution in [2.45, 2.75) is 38.9 Å². The third kappa shape index (κ3) is 2.67. The lowest BCUT2D eigenvalue weighted by Gasteiger charge is -2.36. The van der Waals surface area contributed by atoms with Crippen LogP contribution in [0.2, 0.25) is 0 Å². The molecule has 0 fully saturated rings. The van der Waals surface area contributed by atoms with Crippen LogP contribution in [0, 0.1) is 0 Å². The fraction of sp³-hybridized carbons (Fsp3) is 0.400. The molecule has 0 aliphatic rings. The number of imidazole rings is 3. The van der Waals surface area contributed by atoms with Crippen molar-refractivity contribution in [3.8, 4) is 0 Å². The molecule has 3 atom stereocenters. The van der Waals surface area contributed by atoms with Crippen molar-refractivity contribution in [1.82, 2.24) is 34.8 Å². The van der Waals surface area contributed by atoms with Gasteiger partial charge in [-0.15, -0.1) is 0 Å². The first-order valence-corrected chi connectivity index (χ1v) is 7.43. The Kier molecular flexibility index (Phi) is 4.06. The molecule has 0 aromatic carbocycles. The zero-order chi connectivity index (χ0) is 15.5. The van der Waals surface area contributed by atoms with E-state index in [9.17, 15) is 0 Å². The summed E-state index contributed by atoms with van der Waals surface area (Å²) in [5, 5.41) is 0. The standard InChI is InChI=1S/C15H21N7/c1-10(13-16-4-5-17-13)22(11(2)14-18-6-7-19-14)12(3)15-20-8-9-21-15/h4-12H,1-3H3,(H,16,17)(H,18,19)(H,20,21). The van der Waals surface area contributed by atoms with Crippen LogP contribution in [0.15, 0.2) is 37.2 Å². The number of rotatable bonds is 6. The van der Waals surface area contributed by atoms with Crippen molar-refractivity contribution in [3.05, 3.63) is 54.7 Å². The van der Waals surface area contributed by atoms with E-state index in [1.54, 1.807) is 18.6 Å². The molecule has 3 N–H and O–H groups in total. The van der Waals surface area contributed by atoms with Crippen molar-refractivity contribution >= 4 is 0 Å². The lowest BCUT2D eigenvalue weighted by molar-refractivity contribution is 0.0898. The number of hydrogen-bond acceptors (Lipinski definition) is 4. The van der Waals surface area contributed by atoms with Crippen molar-refractivity contribution in [2.24, 2.45) is 0 Å². The summed E-state index contributed by atoms with van der Waals surface area (Å²) in [6.07, 6.45) is 10.9. The number of nitrogens with one attached hydrogen (secondary N) is 3. The van der Waals surface area contributed by atoms with Crippen LogP contribution in [-0.2, 0) is 0 Å². The normalized spacial score (nSPS) is 15.8. The monoisotopic (exact) mass is 299 g/mol. The summed E-state index contributed by atoms with van der Waals surface area (Å²) in [6.45, 7) is 6.41. The molecule has 116 valence electrons. The third-order valence-corrected chi connectivity index (χ3v) is 4.09. The van der Waals surface area contributed by atoms with Gasteiger partial charge in [0.25, 0.3) is 0 Å². The summed E-state index contributed by atoms with van der Waals surface area (Å²) in [7, 11) is 0. The van der Waals surface area contributed by atoms with Crippen LogP contribution in [0.25, 0.3) is 0 Å². The predicted molar refractivity (Wildman–Crippen MR) is 82.8 cm³/mol. The number of aromatic amines is 3. The zero-order valence-corrected chi connectivity index (χ0v) is 13.0. The summed E-state index contributed by atoms with van der Waals surface area (Å²) >= 11 is 0. The lowest BCUT2D eigenvalue weighted by atomic mass is 10.1. The van der Waals surface area contributed by atoms with E-state index < -0.39 is 0 Å². The second-order valence-corrected chi connectivity index (χ2v) is 5.40. The van der Waals surface area contributed by atoms with E-state index in [4.69, 9.17) is 0 Å². The van der Waals surface area contributed by atoms with Gasteiger partial charge < -0.3 is 15.0 Å². The molecule has 0 amide bonds. The van der Waals surface area contributed by atoms with Gasteiger partial charge in [-0.2, -0.15) is 0 Å². The summed E-state index contributed by atoms with van der Waals surface area (Å²) in [6, 6.07) is 0.278. The molecule has 0 aliphatic heterocycles. The Balaban J connectivity index is 1.94. The van der Waals surface area contributed by atoms with Gasteiger partial charge in [-0.1, -0.05) is 0 Å². The summed E-state index contributed by atoms with van der Waals surface area (Å²) in [5.41, 5.74) is 0. The maximum Gasteiger partial charge on any atom is 0.123 e. The van der Waals surface area contributed by atoms with Crippen molar-refractivity contribution in [1.29, 1.82) is 0 Å². The SMILES string of the molecule is CC(c1ncc[nH]1)N(C(C)c1ncc[nH]1)C(C)c1ncc[nH]1. The van der Waals surface area contributed by atoms with E-state index in [2.05, 4.69) is 55.6 Å². The highest BCUT2D eigenvalue weighted by Gasteiger charge is 2.31. The van der Waals surface area contributed by atoms with E-state index in [1.165, 1.54) is 0 Å². The van der Waals surface area contributed by atoms with Crippen molar-refractivity contribution < 1.29 is 0 Å². The molecule has 7 nitrogen and oxygen atoms in total. The number of hydrogen-bond donors (Lipinski definition) is 3. The molecular weight excluding hydrogens is 278 g/mol. The first-order chi connectivity index (χ1) is 10.7. The molecule has 3 aromatic rings. The molecule has 0 aliphatic carbocycles. The molecular formula is C15H21N7. The average Bonchev–Trinajstić information content (AvgIpc) is 3.29. The Morgan fingerprint density at radius 1 is 0.682 bits per heavy atom. The highest BCUT2D eigenvalue weighted by Crippen LogP contribution is 2.35. The van der Waals surface area contributed by atoms with Crippen LogP contribution in [-0.4, -0.2) is 34.8 Å². The smallest absolute Gasteiger partial charge is 0.123 e. The summed E-state index contributed by atoms with van der Waals surface area (Å²) in [5.74, 6) is 2.78. The van der Waals surface area contributed by atoms with Crippen LogP contribution in [0.3, 0.4) is 0 Å². The summed E-state index contributed by atoms with van der Waals surface area (Å²) < 4.78 is 0. The fourth-order valence-corrected chi connectivity index (χ4v) is 2.95. The molecule has 7 heteroatoms. The molecule has 0 saturated heterocycles. The first-order valence-electron chi connectivity index (χ1n) is 7.43. The Hall–Kier alpha value is -2.41. The van der Waals surface area contributed by atoms with E-state index in [-0.39, 0.29) is 18.1 Å². The van der Waals surface area contributed by atoms with E-state index >= 15 is 0 Å². The zero-order valence-electron chi connectivity index (χ0n) is 13.0. The van der Waals surface area contributed by atoms with Gasteiger partial charge in [0.2, 0.25) is 0 Å². The molecule has 0 radical (unpaired) electrons. The molecule has 22 heavy (non-hydrogen) atoms. The van der Waals surface area contributed by atoms with Crippen LogP contribution < -0.4 is 0 Å². The Morgan fingerprint density at radius 3 is 1.23 bits per heavy atom. The number of H-pyrrole nitrogens is 3. The van der Waals surface area contributed by atoms with Crippen LogP contribution >= 0.6 is 0 Å². The summed E-state index contributed by atoms with van der Waals surface area (Å²) in [4.78, 5) is 25.2. The second-order valence-electron chi connectivity index (χ2n) is 5.40. The number of nitrogens with zero attached hydrogens (tertiary/aromatic N) is 4. The molecule has 0 spiro atoms. The first kappa shape index (κ1) is 14.5. The Bertz CT molecular complexity index is 561. The Morgan fingerprint density at radius 2 is 1.00 bits per heavy atom. The lowest BCUT2D eigenvalue weighted by Crippen LogP contribution is -2.34. The molecule has 3 heterocycles. The Labute approximate surface area is 129 Å². The van der Waals surface area contributed by atoms with Crippen LogP contribution in [0.1, 0.15) is 56.4 Å². The van der Waals surface area contributed by atoms with Gasteiger partial charge in [-0.25, -0.2) is 15.0 Å². The van der Waals surface area contributed by atoms with Gasteiger partial charge in [0.1, 0.15) is 17.5 Å². The van der Waals surface area contributed by atoms with E-state index in [1.807, 2.05) is 18.6 Å². The largest absolute Gasteiger partial charge is 0.347 e. The van der Waals surface area contributed by atoms with Gasteiger partial charge in [-0.05, 0) is 20.8 Å². The minimum Gasteiger partial charge on any atom is -0.347 e. The van der Waals surface area contributed by atoms with E-state index in [0.717, 1.165) is 17.5 Å². The third-order valence-electron chi connectivity index (χ3n) is 4.09. The quantitative estimate of drug-likeness (QED) is 0.653. The highest BCUT2D eigenvalue weighted by molar-refractivity contribution is 5.05. The van der Waals surface area contributed by atoms with Crippen LogP contribution in [0.4, 0.5) is 0 Å². The molecule has 0 bridgehead atoms. The second kappa shape index (κ2) is 6.15. The maximum absolute atomic E-state index is 4.41. The fourth-order valence-electron chi connectivity index (χ4n) is 2.95. The van der Waals surface area contributed by atoms with Gasteiger partial charge in [-0.3, -0.25) is 4.90 Å². The van der Waals surface area contributed by atoms with Gasteiger partial charge >= 0.3 is 0 Å². The minimum atomic E-state index is 0.0928. The number of aromatic nitrogens is 6. The maximum atomic E-state index is 4.41. The topological polar surface area (TPSA) is 89.3 Å². The van der Waals surface area contributed by atoms with Gasteiger partial charge in [0.05, 0.1) is 18.1 Å². The molecule has 0 saturated carbocycles. The van der Waals surface area contributed by atoms with E-state index in [0.29, 0.717) is 0 Å². The molecule has 3 rings (SSSR count). The molecule has 3 unspecified atom stereocenters. The van der Waals surface area contributed by atoms with Crippen molar-refractivity contribution in [2.75, 3.05) is 0 Å². The van der Waals surface area contributed by atoms with Gasteiger partial charge in [0, 0.05) is 37.2 Å². The predicted octanol–water partition coefficient (Wildman–Crippen LogP) is 2.74. The minimum absolute atomic E-state index is 0.0928. The van der Waals surface area contributed by atoms with Crippen LogP contribution in [0.5, 0.6) is 0 Å². The van der Waals surface area contributed by atoms with Gasteiger partial charge in [0.15, 0.2) is 0 Å². The average molecular weight is 299 g/mol. The highest BCUT2D eigenvalue weighted by atomic mass is 15.3. The van der Waals surface area contributed by atoms with Crippen molar-refractivity contribution in [3.63, 3.8) is 0 Å².